The van der Waals surface area contributed by atoms with Gasteiger partial charge < -0.3 is 20.2 Å². The topological polar surface area (TPSA) is 129 Å². The molecule has 0 spiro atoms. The molecule has 0 saturated carbocycles. The highest BCUT2D eigenvalue weighted by molar-refractivity contribution is 6.29. The molecule has 1 saturated heterocycles. The lowest BCUT2D eigenvalue weighted by Gasteiger charge is -2.35. The molecule has 14 heteroatoms. The van der Waals surface area contributed by atoms with Gasteiger partial charge in [-0.15, -0.1) is 0 Å². The molecule has 0 bridgehead atoms. The standard InChI is InChI=1S/C25H23ClF2N8O3/c1-13(31-18-3-4-19(26)32-21(18)23(38)39)16-9-14(27)10-17-20(16)33-25(34(2)22(17)37)36-7-5-35(6-8-36)24-29-11-15(28)12-30-24/h3-4,9-13,31H,5-8H2,1-2H3,(H,38,39)/t13-/m1/s1. The van der Waals surface area contributed by atoms with Crippen LogP contribution in [0.1, 0.15) is 29.0 Å². The molecular weight excluding hydrogens is 534 g/mol. The van der Waals surface area contributed by atoms with E-state index in [0.29, 0.717) is 43.6 Å². The molecule has 0 amide bonds. The van der Waals surface area contributed by atoms with Crippen LogP contribution in [0.4, 0.5) is 26.4 Å². The Kier molecular flexibility index (Phi) is 7.00. The Morgan fingerprint density at radius 2 is 1.72 bits per heavy atom. The molecule has 4 aromatic rings. The molecule has 1 aliphatic heterocycles. The van der Waals surface area contributed by atoms with Gasteiger partial charge in [-0.1, -0.05) is 11.6 Å². The minimum absolute atomic E-state index is 0.0164. The summed E-state index contributed by atoms with van der Waals surface area (Å²) in [5, 5.41) is 12.7. The van der Waals surface area contributed by atoms with E-state index < -0.39 is 29.2 Å². The van der Waals surface area contributed by atoms with Crippen molar-refractivity contribution in [2.75, 3.05) is 41.3 Å². The van der Waals surface area contributed by atoms with Crippen molar-refractivity contribution in [2.24, 2.45) is 7.05 Å². The van der Waals surface area contributed by atoms with E-state index in [2.05, 4.69) is 20.3 Å². The number of aromatic carboxylic acids is 1. The molecule has 0 radical (unpaired) electrons. The molecule has 5 rings (SSSR count). The largest absolute Gasteiger partial charge is 0.476 e. The van der Waals surface area contributed by atoms with Crippen molar-refractivity contribution in [3.05, 3.63) is 75.1 Å². The van der Waals surface area contributed by atoms with Gasteiger partial charge in [0.1, 0.15) is 11.0 Å². The van der Waals surface area contributed by atoms with Gasteiger partial charge in [0.2, 0.25) is 11.9 Å². The molecule has 0 aliphatic carbocycles. The highest BCUT2D eigenvalue weighted by atomic mass is 35.5. The summed E-state index contributed by atoms with van der Waals surface area (Å²) in [6.45, 7) is 3.68. The summed E-state index contributed by atoms with van der Waals surface area (Å²) >= 11 is 5.86. The second-order valence-electron chi connectivity index (χ2n) is 9.04. The number of pyridine rings is 1. The van der Waals surface area contributed by atoms with E-state index in [9.17, 15) is 23.5 Å². The normalized spacial score (nSPS) is 14.5. The molecule has 3 aromatic heterocycles. The number of nitrogens with one attached hydrogen (secondary N) is 1. The first-order chi connectivity index (χ1) is 18.6. The van der Waals surface area contributed by atoms with Crippen molar-refractivity contribution in [3.63, 3.8) is 0 Å². The third-order valence-electron chi connectivity index (χ3n) is 6.51. The van der Waals surface area contributed by atoms with Gasteiger partial charge >= 0.3 is 5.97 Å². The Balaban J connectivity index is 1.49. The summed E-state index contributed by atoms with van der Waals surface area (Å²) in [7, 11) is 1.57. The number of fused-ring (bicyclic) bond motifs is 1. The molecule has 11 nitrogen and oxygen atoms in total. The van der Waals surface area contributed by atoms with Crippen molar-refractivity contribution < 1.29 is 18.7 Å². The third kappa shape index (κ3) is 5.17. The van der Waals surface area contributed by atoms with Crippen LogP contribution in [-0.2, 0) is 7.05 Å². The first-order valence-electron chi connectivity index (χ1n) is 12.0. The summed E-state index contributed by atoms with van der Waals surface area (Å²) in [6, 6.07) is 4.67. The Morgan fingerprint density at radius 3 is 2.38 bits per heavy atom. The van der Waals surface area contributed by atoms with Gasteiger partial charge in [-0.05, 0) is 31.2 Å². The lowest BCUT2D eigenvalue weighted by molar-refractivity contribution is 0.0691. The van der Waals surface area contributed by atoms with Crippen LogP contribution in [-0.4, -0.2) is 61.8 Å². The van der Waals surface area contributed by atoms with E-state index in [1.165, 1.54) is 22.8 Å². The number of carbonyl (C=O) groups is 1. The highest BCUT2D eigenvalue weighted by Crippen LogP contribution is 2.29. The monoisotopic (exact) mass is 556 g/mol. The number of hydrogen-bond donors (Lipinski definition) is 2. The molecule has 1 atom stereocenters. The van der Waals surface area contributed by atoms with Gasteiger partial charge in [0, 0.05) is 38.8 Å². The Morgan fingerprint density at radius 1 is 1.05 bits per heavy atom. The molecule has 1 fully saturated rings. The molecule has 1 aromatic carbocycles. The number of hydrogen-bond acceptors (Lipinski definition) is 9. The SMILES string of the molecule is C[C@@H](Nc1ccc(Cl)nc1C(=O)O)c1cc(F)cc2c(=O)n(C)c(N3CCN(c4ncc(F)cn4)CC3)nc12. The Labute approximate surface area is 225 Å². The number of halogens is 3. The summed E-state index contributed by atoms with van der Waals surface area (Å²) < 4.78 is 29.2. The predicted octanol–water partition coefficient (Wildman–Crippen LogP) is 3.25. The van der Waals surface area contributed by atoms with Gasteiger partial charge in [0.05, 0.1) is 35.0 Å². The second kappa shape index (κ2) is 10.4. The number of aromatic nitrogens is 5. The van der Waals surface area contributed by atoms with E-state index in [1.807, 2.05) is 9.80 Å². The van der Waals surface area contributed by atoms with Crippen LogP contribution >= 0.6 is 11.6 Å². The second-order valence-corrected chi connectivity index (χ2v) is 9.43. The van der Waals surface area contributed by atoms with Crippen molar-refractivity contribution in [1.82, 2.24) is 24.5 Å². The van der Waals surface area contributed by atoms with Crippen LogP contribution in [0.5, 0.6) is 0 Å². The van der Waals surface area contributed by atoms with Gasteiger partial charge in [-0.3, -0.25) is 9.36 Å². The van der Waals surface area contributed by atoms with Crippen LogP contribution in [0.15, 0.2) is 41.5 Å². The zero-order chi connectivity index (χ0) is 27.8. The lowest BCUT2D eigenvalue weighted by atomic mass is 10.0. The molecule has 1 aliphatic rings. The maximum absolute atomic E-state index is 14.7. The maximum Gasteiger partial charge on any atom is 0.356 e. The number of anilines is 3. The minimum atomic E-state index is -1.28. The van der Waals surface area contributed by atoms with E-state index in [4.69, 9.17) is 16.6 Å². The molecule has 0 unspecified atom stereocenters. The number of nitrogens with zero attached hydrogens (tertiary/aromatic N) is 7. The Bertz CT molecular complexity index is 1620. The lowest BCUT2D eigenvalue weighted by Crippen LogP contribution is -2.48. The molecule has 2 N–H and O–H groups in total. The van der Waals surface area contributed by atoms with Crippen LogP contribution in [0.25, 0.3) is 10.9 Å². The van der Waals surface area contributed by atoms with E-state index >= 15 is 0 Å². The van der Waals surface area contributed by atoms with Gasteiger partial charge in [-0.2, -0.15) is 0 Å². The van der Waals surface area contributed by atoms with E-state index in [1.54, 1.807) is 14.0 Å². The highest BCUT2D eigenvalue weighted by Gasteiger charge is 2.25. The maximum atomic E-state index is 14.7. The van der Waals surface area contributed by atoms with Gasteiger partial charge in [-0.25, -0.2) is 33.5 Å². The fourth-order valence-electron chi connectivity index (χ4n) is 4.57. The molecular formula is C25H23ClF2N8O3. The van der Waals surface area contributed by atoms with Crippen molar-refractivity contribution >= 4 is 46.1 Å². The molecule has 4 heterocycles. The fourth-order valence-corrected chi connectivity index (χ4v) is 4.72. The Hall–Kier alpha value is -4.39. The third-order valence-corrected chi connectivity index (χ3v) is 6.72. The van der Waals surface area contributed by atoms with Crippen molar-refractivity contribution in [2.45, 2.75) is 13.0 Å². The summed E-state index contributed by atoms with van der Waals surface area (Å²) in [4.78, 5) is 45.5. The number of carboxylic acid groups (broad SMARTS) is 1. The number of piperazine rings is 1. The first kappa shape index (κ1) is 26.2. The fraction of sp³-hybridized carbons (Fsp3) is 0.280. The van der Waals surface area contributed by atoms with E-state index in [0.717, 1.165) is 18.5 Å². The average Bonchev–Trinajstić information content (AvgIpc) is 2.92. The summed E-state index contributed by atoms with van der Waals surface area (Å²) in [5.41, 5.74) is 0.125. The first-order valence-corrected chi connectivity index (χ1v) is 12.3. The summed E-state index contributed by atoms with van der Waals surface area (Å²) in [6.07, 6.45) is 2.22. The molecule has 202 valence electrons. The van der Waals surface area contributed by atoms with Gasteiger partial charge in [0.25, 0.3) is 5.56 Å². The number of carboxylic acids is 1. The number of benzene rings is 1. The van der Waals surface area contributed by atoms with Gasteiger partial charge in [0.15, 0.2) is 11.5 Å². The van der Waals surface area contributed by atoms with Crippen LogP contribution in [0.2, 0.25) is 5.15 Å². The summed E-state index contributed by atoms with van der Waals surface area (Å²) in [5.74, 6) is -1.62. The van der Waals surface area contributed by atoms with Crippen LogP contribution in [0, 0.1) is 11.6 Å². The van der Waals surface area contributed by atoms with E-state index in [-0.39, 0.29) is 27.4 Å². The van der Waals surface area contributed by atoms with Crippen molar-refractivity contribution in [1.29, 1.82) is 0 Å². The zero-order valence-electron chi connectivity index (χ0n) is 20.9. The minimum Gasteiger partial charge on any atom is -0.476 e. The van der Waals surface area contributed by atoms with Crippen LogP contribution in [0.3, 0.4) is 0 Å². The average molecular weight is 557 g/mol. The smallest absolute Gasteiger partial charge is 0.356 e. The molecule has 39 heavy (non-hydrogen) atoms. The van der Waals surface area contributed by atoms with Crippen LogP contribution < -0.4 is 20.7 Å². The quantitative estimate of drug-likeness (QED) is 0.341. The zero-order valence-corrected chi connectivity index (χ0v) is 21.7. The predicted molar refractivity (Wildman–Crippen MR) is 142 cm³/mol. The number of rotatable bonds is 6. The van der Waals surface area contributed by atoms with Crippen molar-refractivity contribution in [3.8, 4) is 0 Å².